The first-order valence-electron chi connectivity index (χ1n) is 6.09. The summed E-state index contributed by atoms with van der Waals surface area (Å²) in [6.07, 6.45) is 5.09. The average Bonchev–Trinajstić information content (AvgIpc) is 2.78. The molecule has 94 valence electrons. The molecule has 1 atom stereocenters. The van der Waals surface area contributed by atoms with E-state index < -0.39 is 0 Å². The third kappa shape index (κ3) is 2.95. The van der Waals surface area contributed by atoms with E-state index >= 15 is 0 Å². The van der Waals surface area contributed by atoms with Crippen molar-refractivity contribution >= 4 is 5.91 Å². The highest BCUT2D eigenvalue weighted by Crippen LogP contribution is 2.41. The van der Waals surface area contributed by atoms with E-state index in [0.29, 0.717) is 6.61 Å². The van der Waals surface area contributed by atoms with Gasteiger partial charge >= 0.3 is 0 Å². The fraction of sp³-hybridized carbons (Fsp3) is 0.917. The number of carbonyl (C=O) groups excluding carboxylic acids is 1. The normalized spacial score (nSPS) is 20.7. The van der Waals surface area contributed by atoms with Crippen LogP contribution < -0.4 is 5.32 Å². The van der Waals surface area contributed by atoms with E-state index in [1.165, 1.54) is 0 Å². The Labute approximate surface area is 97.4 Å². The van der Waals surface area contributed by atoms with Crippen molar-refractivity contribution in [1.82, 2.24) is 5.32 Å². The van der Waals surface area contributed by atoms with E-state index in [4.69, 9.17) is 9.84 Å². The number of methoxy groups -OCH3 is 1. The number of hydrogen-bond acceptors (Lipinski definition) is 3. The molecule has 0 aromatic rings. The van der Waals surface area contributed by atoms with Gasteiger partial charge in [0.25, 0.3) is 0 Å². The zero-order valence-electron chi connectivity index (χ0n) is 10.3. The molecule has 0 aromatic heterocycles. The first-order valence-corrected chi connectivity index (χ1v) is 6.09. The largest absolute Gasteiger partial charge is 0.394 e. The number of hydrogen-bond donors (Lipinski definition) is 2. The highest BCUT2D eigenvalue weighted by atomic mass is 16.5. The fourth-order valence-corrected chi connectivity index (χ4v) is 2.47. The molecule has 0 saturated heterocycles. The summed E-state index contributed by atoms with van der Waals surface area (Å²) >= 11 is 0. The van der Waals surface area contributed by atoms with E-state index in [9.17, 15) is 4.79 Å². The molecule has 1 unspecified atom stereocenters. The predicted molar refractivity (Wildman–Crippen MR) is 62.1 cm³/mol. The van der Waals surface area contributed by atoms with Crippen molar-refractivity contribution < 1.29 is 14.6 Å². The lowest BCUT2D eigenvalue weighted by Gasteiger charge is -2.28. The topological polar surface area (TPSA) is 58.6 Å². The van der Waals surface area contributed by atoms with Crippen LogP contribution >= 0.6 is 0 Å². The van der Waals surface area contributed by atoms with Crippen molar-refractivity contribution in [1.29, 1.82) is 0 Å². The van der Waals surface area contributed by atoms with Gasteiger partial charge in [0.15, 0.2) is 0 Å². The monoisotopic (exact) mass is 229 g/mol. The van der Waals surface area contributed by atoms with Crippen LogP contribution in [0.3, 0.4) is 0 Å². The highest BCUT2D eigenvalue weighted by Gasteiger charge is 2.39. The van der Waals surface area contributed by atoms with E-state index in [-0.39, 0.29) is 24.0 Å². The Kier molecular flexibility index (Phi) is 5.22. The van der Waals surface area contributed by atoms with Crippen LogP contribution in [0.1, 0.15) is 39.0 Å². The van der Waals surface area contributed by atoms with Gasteiger partial charge in [0.05, 0.1) is 19.3 Å². The van der Waals surface area contributed by atoms with Crippen molar-refractivity contribution in [3.8, 4) is 0 Å². The second-order valence-corrected chi connectivity index (χ2v) is 4.65. The van der Waals surface area contributed by atoms with Crippen LogP contribution in [0.4, 0.5) is 0 Å². The Morgan fingerprint density at radius 3 is 2.56 bits per heavy atom. The lowest BCUT2D eigenvalue weighted by atomic mass is 9.82. The lowest BCUT2D eigenvalue weighted by molar-refractivity contribution is -0.132. The summed E-state index contributed by atoms with van der Waals surface area (Å²) in [5, 5.41) is 12.0. The zero-order valence-corrected chi connectivity index (χ0v) is 10.3. The van der Waals surface area contributed by atoms with E-state index in [1.807, 2.05) is 0 Å². The van der Waals surface area contributed by atoms with Gasteiger partial charge in [-0.1, -0.05) is 19.8 Å². The molecule has 0 heterocycles. The standard InChI is InChI=1S/C12H23NO3/c1-3-12(6-4-5-7-12)11(15)13-10(8-14)9-16-2/h10,14H,3-9H2,1-2H3,(H,13,15). The molecule has 1 aliphatic carbocycles. The molecule has 1 saturated carbocycles. The number of amides is 1. The summed E-state index contributed by atoms with van der Waals surface area (Å²) in [4.78, 5) is 12.2. The van der Waals surface area contributed by atoms with Gasteiger partial charge < -0.3 is 15.2 Å². The van der Waals surface area contributed by atoms with Gasteiger partial charge in [0, 0.05) is 12.5 Å². The van der Waals surface area contributed by atoms with Crippen LogP contribution in [-0.2, 0) is 9.53 Å². The van der Waals surface area contributed by atoms with E-state index in [2.05, 4.69) is 12.2 Å². The maximum atomic E-state index is 12.2. The van der Waals surface area contributed by atoms with Gasteiger partial charge in [-0.3, -0.25) is 4.79 Å². The zero-order chi connectivity index (χ0) is 12.0. The van der Waals surface area contributed by atoms with E-state index in [0.717, 1.165) is 32.1 Å². The smallest absolute Gasteiger partial charge is 0.226 e. The van der Waals surface area contributed by atoms with E-state index in [1.54, 1.807) is 7.11 Å². The number of aliphatic hydroxyl groups excluding tert-OH is 1. The number of carbonyl (C=O) groups is 1. The summed E-state index contributed by atoms with van der Waals surface area (Å²) in [5.41, 5.74) is -0.193. The molecule has 0 aliphatic heterocycles. The lowest BCUT2D eigenvalue weighted by Crippen LogP contribution is -2.47. The van der Waals surface area contributed by atoms with Crippen LogP contribution in [0.2, 0.25) is 0 Å². The van der Waals surface area contributed by atoms with Crippen molar-refractivity contribution in [2.75, 3.05) is 20.3 Å². The van der Waals surface area contributed by atoms with Gasteiger partial charge in [-0.15, -0.1) is 0 Å². The maximum absolute atomic E-state index is 12.2. The minimum atomic E-state index is -0.276. The van der Waals surface area contributed by atoms with Crippen LogP contribution in [0, 0.1) is 5.41 Å². The van der Waals surface area contributed by atoms with Gasteiger partial charge in [0.1, 0.15) is 0 Å². The van der Waals surface area contributed by atoms with Gasteiger partial charge in [-0.05, 0) is 19.3 Å². The number of rotatable bonds is 6. The Hall–Kier alpha value is -0.610. The molecule has 0 radical (unpaired) electrons. The van der Waals surface area contributed by atoms with Crippen LogP contribution in [0.25, 0.3) is 0 Å². The Morgan fingerprint density at radius 2 is 2.12 bits per heavy atom. The van der Waals surface area contributed by atoms with Crippen molar-refractivity contribution in [3.05, 3.63) is 0 Å². The van der Waals surface area contributed by atoms with Crippen LogP contribution in [0.5, 0.6) is 0 Å². The molecular weight excluding hydrogens is 206 g/mol. The maximum Gasteiger partial charge on any atom is 0.226 e. The third-order valence-electron chi connectivity index (χ3n) is 3.64. The molecule has 0 spiro atoms. The summed E-state index contributed by atoms with van der Waals surface area (Å²) in [6.45, 7) is 2.36. The number of nitrogens with one attached hydrogen (secondary N) is 1. The predicted octanol–water partition coefficient (Wildman–Crippen LogP) is 1.08. The van der Waals surface area contributed by atoms with Gasteiger partial charge in [-0.2, -0.15) is 0 Å². The van der Waals surface area contributed by atoms with Gasteiger partial charge in [-0.25, -0.2) is 0 Å². The first-order chi connectivity index (χ1) is 7.68. The number of ether oxygens (including phenoxy) is 1. The Morgan fingerprint density at radius 1 is 1.50 bits per heavy atom. The number of aliphatic hydroxyl groups is 1. The molecule has 0 bridgehead atoms. The van der Waals surface area contributed by atoms with Crippen LogP contribution in [-0.4, -0.2) is 37.4 Å². The summed E-state index contributed by atoms with van der Waals surface area (Å²) < 4.78 is 4.95. The molecule has 1 aliphatic rings. The molecule has 1 rings (SSSR count). The second kappa shape index (κ2) is 6.21. The third-order valence-corrected chi connectivity index (χ3v) is 3.64. The average molecular weight is 229 g/mol. The Balaban J connectivity index is 2.54. The minimum absolute atomic E-state index is 0.0701. The quantitative estimate of drug-likeness (QED) is 0.716. The first kappa shape index (κ1) is 13.5. The molecule has 4 nitrogen and oxygen atoms in total. The SMILES string of the molecule is CCC1(C(=O)NC(CO)COC)CCCC1. The summed E-state index contributed by atoms with van der Waals surface area (Å²) in [6, 6.07) is -0.276. The molecule has 0 aromatic carbocycles. The Bertz CT molecular complexity index is 224. The van der Waals surface area contributed by atoms with Crippen molar-refractivity contribution in [2.24, 2.45) is 5.41 Å². The second-order valence-electron chi connectivity index (χ2n) is 4.65. The fourth-order valence-electron chi connectivity index (χ4n) is 2.47. The molecule has 4 heteroatoms. The summed E-state index contributed by atoms with van der Waals surface area (Å²) in [5.74, 6) is 0.0867. The highest BCUT2D eigenvalue weighted by molar-refractivity contribution is 5.83. The molecule has 16 heavy (non-hydrogen) atoms. The van der Waals surface area contributed by atoms with Crippen molar-refractivity contribution in [3.63, 3.8) is 0 Å². The van der Waals surface area contributed by atoms with Crippen LogP contribution in [0.15, 0.2) is 0 Å². The minimum Gasteiger partial charge on any atom is -0.394 e. The van der Waals surface area contributed by atoms with Crippen molar-refractivity contribution in [2.45, 2.75) is 45.1 Å². The molecule has 1 fully saturated rings. The summed E-state index contributed by atoms with van der Waals surface area (Å²) in [7, 11) is 1.57. The molecule has 1 amide bonds. The molecular formula is C12H23NO3. The molecule has 2 N–H and O–H groups in total. The van der Waals surface area contributed by atoms with Gasteiger partial charge in [0.2, 0.25) is 5.91 Å².